The second kappa shape index (κ2) is 16.0. The lowest BCUT2D eigenvalue weighted by Gasteiger charge is -2.43. The van der Waals surface area contributed by atoms with Gasteiger partial charge in [-0.15, -0.1) is 0 Å². The van der Waals surface area contributed by atoms with E-state index in [9.17, 15) is 27.9 Å². The molecule has 0 aliphatic carbocycles. The molecule has 2 aromatic rings. The molecule has 4 aliphatic rings. The van der Waals surface area contributed by atoms with Crippen LogP contribution in [-0.4, -0.2) is 159 Å². The van der Waals surface area contributed by atoms with E-state index >= 15 is 0 Å². The van der Waals surface area contributed by atoms with Crippen molar-refractivity contribution in [1.29, 1.82) is 0 Å². The van der Waals surface area contributed by atoms with Crippen molar-refractivity contribution >= 4 is 47.2 Å². The number of anilines is 1. The number of piperidine rings is 2. The van der Waals surface area contributed by atoms with Crippen LogP contribution in [0.2, 0.25) is 0 Å². The van der Waals surface area contributed by atoms with Gasteiger partial charge in [0.2, 0.25) is 0 Å². The van der Waals surface area contributed by atoms with Crippen molar-refractivity contribution in [3.8, 4) is 5.75 Å². The summed E-state index contributed by atoms with van der Waals surface area (Å²) in [4.78, 5) is 48.5. The number of urea groups is 1. The summed E-state index contributed by atoms with van der Waals surface area (Å²) in [7, 11) is 1.46. The van der Waals surface area contributed by atoms with Gasteiger partial charge in [-0.3, -0.25) is 9.69 Å². The van der Waals surface area contributed by atoms with Crippen molar-refractivity contribution in [3.05, 3.63) is 53.1 Å². The minimum atomic E-state index is -3.44. The van der Waals surface area contributed by atoms with Gasteiger partial charge in [-0.25, -0.2) is 9.59 Å². The third-order valence-corrected chi connectivity index (χ3v) is 13.1. The Morgan fingerprint density at radius 1 is 0.942 bits per heavy atom. The lowest BCUT2D eigenvalue weighted by Crippen LogP contribution is -2.57. The van der Waals surface area contributed by atoms with E-state index in [0.29, 0.717) is 82.8 Å². The molecular formula is C36H52BN7O7S. The lowest BCUT2D eigenvalue weighted by atomic mass is 9.89. The van der Waals surface area contributed by atoms with E-state index in [1.807, 2.05) is 56.1 Å². The normalized spacial score (nSPS) is 20.7. The molecule has 0 saturated carbocycles. The zero-order chi connectivity index (χ0) is 37.2. The van der Waals surface area contributed by atoms with Gasteiger partial charge in [0, 0.05) is 97.2 Å². The highest BCUT2D eigenvalue weighted by molar-refractivity contribution is 7.86. The summed E-state index contributed by atoms with van der Waals surface area (Å²) in [5.41, 5.74) is 4.12. The number of hydrogen-bond donors (Lipinski definition) is 2. The molecule has 0 radical (unpaired) electrons. The number of likely N-dealkylation sites (tertiary alicyclic amines) is 1. The van der Waals surface area contributed by atoms with Crippen molar-refractivity contribution in [3.63, 3.8) is 0 Å². The van der Waals surface area contributed by atoms with Gasteiger partial charge in [-0.1, -0.05) is 30.3 Å². The molecule has 6 rings (SSSR count). The first kappa shape index (κ1) is 37.9. The second-order valence-corrected chi connectivity index (χ2v) is 16.8. The van der Waals surface area contributed by atoms with Crippen LogP contribution in [0.5, 0.6) is 5.75 Å². The number of carbonyl (C=O) groups is 3. The fourth-order valence-corrected chi connectivity index (χ4v) is 9.17. The Morgan fingerprint density at radius 3 is 2.25 bits per heavy atom. The molecular weight excluding hydrogens is 685 g/mol. The predicted octanol–water partition coefficient (Wildman–Crippen LogP) is 0.976. The van der Waals surface area contributed by atoms with E-state index in [1.54, 1.807) is 23.9 Å². The Hall–Kier alpha value is -3.86. The summed E-state index contributed by atoms with van der Waals surface area (Å²) in [6, 6.07) is 11.6. The quantitative estimate of drug-likeness (QED) is 0.382. The Kier molecular flexibility index (Phi) is 11.7. The molecule has 52 heavy (non-hydrogen) atoms. The Balaban J connectivity index is 1.06. The Morgan fingerprint density at radius 2 is 1.60 bits per heavy atom. The van der Waals surface area contributed by atoms with E-state index < -0.39 is 22.4 Å². The molecule has 16 heteroatoms. The van der Waals surface area contributed by atoms with Crippen molar-refractivity contribution in [2.45, 2.75) is 63.6 Å². The minimum Gasteiger partial charge on any atom is -0.508 e. The monoisotopic (exact) mass is 737 g/mol. The first-order valence-electron chi connectivity index (χ1n) is 18.4. The third-order valence-electron chi connectivity index (χ3n) is 11.1. The third kappa shape index (κ3) is 8.35. The van der Waals surface area contributed by atoms with Crippen molar-refractivity contribution in [2.75, 3.05) is 78.3 Å². The summed E-state index contributed by atoms with van der Waals surface area (Å²) in [6.07, 6.45) is 2.01. The maximum Gasteiger partial charge on any atom is 0.410 e. The average Bonchev–Trinajstić information content (AvgIpc) is 3.31. The topological polar surface area (TPSA) is 146 Å². The summed E-state index contributed by atoms with van der Waals surface area (Å²) >= 11 is 0. The van der Waals surface area contributed by atoms with E-state index in [0.717, 1.165) is 36.1 Å². The number of hydrogen-bond acceptors (Lipinski definition) is 8. The number of nitrogens with zero attached hydrogens (tertiary/aromatic N) is 6. The molecule has 4 amide bonds. The molecule has 0 bridgehead atoms. The highest BCUT2D eigenvalue weighted by Crippen LogP contribution is 2.26. The molecule has 3 fully saturated rings. The Labute approximate surface area is 308 Å². The Bertz CT molecular complexity index is 1710. The lowest BCUT2D eigenvalue weighted by molar-refractivity contribution is -0.143. The molecule has 0 unspecified atom stereocenters. The number of carbonyl (C=O) groups excluding carboxylic acids is 3. The SMILES string of the molecule is Bc1cc(C[C@@H](OC(=O)N2CCC(N3CCc4ccccc4NC3=O)CC2)C(=O)N2CCN(C3CCN(S(=O)(=O)N(C)C)CC3)CC2)cc(C)c1O. The van der Waals surface area contributed by atoms with Crippen LogP contribution in [0, 0.1) is 6.92 Å². The fourth-order valence-electron chi connectivity index (χ4n) is 8.03. The van der Waals surface area contributed by atoms with Crippen LogP contribution >= 0.6 is 0 Å². The van der Waals surface area contributed by atoms with Crippen LogP contribution in [0.3, 0.4) is 0 Å². The van der Waals surface area contributed by atoms with Crippen molar-refractivity contribution in [1.82, 2.24) is 28.2 Å². The number of para-hydroxylation sites is 1. The fraction of sp³-hybridized carbons (Fsp3) is 0.583. The zero-order valence-electron chi connectivity index (χ0n) is 30.8. The highest BCUT2D eigenvalue weighted by atomic mass is 32.2. The van der Waals surface area contributed by atoms with Gasteiger partial charge in [0.05, 0.1) is 0 Å². The van der Waals surface area contributed by atoms with Crippen LogP contribution in [0.15, 0.2) is 36.4 Å². The summed E-state index contributed by atoms with van der Waals surface area (Å²) in [6.45, 7) is 6.41. The standard InChI is InChI=1S/C36H52BN7O7S/c1-25-22-26(23-30(37)33(25)45)24-32(34(46)41-20-18-40(19-21-41)28-11-15-43(16-12-28)52(49,50)39(2)3)51-36(48)42-13-9-29(10-14-42)44-17-8-27-6-4-5-7-31(27)38-35(44)47/h4-7,22-23,28-29,32,45H,8-21,24,37H2,1-3H3,(H,38,47)/t32-/m1/s1. The first-order chi connectivity index (χ1) is 24.8. The van der Waals surface area contributed by atoms with E-state index in [1.165, 1.54) is 8.61 Å². The summed E-state index contributed by atoms with van der Waals surface area (Å²) in [5, 5.41) is 13.4. The van der Waals surface area contributed by atoms with Crippen molar-refractivity contribution in [2.24, 2.45) is 0 Å². The number of fused-ring (bicyclic) bond motifs is 1. The summed E-state index contributed by atoms with van der Waals surface area (Å²) < 4.78 is 34.0. The van der Waals surface area contributed by atoms with Crippen LogP contribution in [0.25, 0.3) is 0 Å². The number of aryl methyl sites for hydroxylation is 1. The number of benzene rings is 2. The van der Waals surface area contributed by atoms with Crippen LogP contribution in [0.1, 0.15) is 42.4 Å². The maximum absolute atomic E-state index is 14.1. The number of phenolic OH excluding ortho intramolecular Hbond substituents is 1. The molecule has 282 valence electrons. The first-order valence-corrected chi connectivity index (χ1v) is 19.8. The van der Waals surface area contributed by atoms with Gasteiger partial charge in [-0.2, -0.15) is 17.0 Å². The molecule has 1 atom stereocenters. The number of ether oxygens (including phenoxy) is 1. The second-order valence-electron chi connectivity index (χ2n) is 14.7. The van der Waals surface area contributed by atoms with Gasteiger partial charge >= 0.3 is 12.1 Å². The van der Waals surface area contributed by atoms with Crippen LogP contribution in [0.4, 0.5) is 15.3 Å². The highest BCUT2D eigenvalue weighted by Gasteiger charge is 2.37. The molecule has 2 N–H and O–H groups in total. The maximum atomic E-state index is 14.1. The van der Waals surface area contributed by atoms with E-state index in [4.69, 9.17) is 4.74 Å². The molecule has 4 heterocycles. The summed E-state index contributed by atoms with van der Waals surface area (Å²) in [5.74, 6) is -0.0475. The molecule has 4 aliphatic heterocycles. The predicted molar refractivity (Wildman–Crippen MR) is 201 cm³/mol. The van der Waals surface area contributed by atoms with Gasteiger partial charge in [0.25, 0.3) is 16.1 Å². The van der Waals surface area contributed by atoms with Crippen LogP contribution in [-0.2, 0) is 32.6 Å². The van der Waals surface area contributed by atoms with Gasteiger partial charge in [0.15, 0.2) is 6.10 Å². The van der Waals surface area contributed by atoms with E-state index in [-0.39, 0.29) is 36.2 Å². The minimum absolute atomic E-state index is 0.0142. The molecule has 0 spiro atoms. The van der Waals surface area contributed by atoms with Gasteiger partial charge in [0.1, 0.15) is 13.6 Å². The number of phenols is 1. The molecule has 3 saturated heterocycles. The molecule has 0 aromatic heterocycles. The van der Waals surface area contributed by atoms with Gasteiger partial charge in [-0.05, 0) is 67.2 Å². The zero-order valence-corrected chi connectivity index (χ0v) is 31.6. The number of piperazine rings is 1. The number of amides is 4. The van der Waals surface area contributed by atoms with Crippen molar-refractivity contribution < 1.29 is 32.6 Å². The number of aromatic hydroxyl groups is 1. The largest absolute Gasteiger partial charge is 0.508 e. The number of nitrogens with one attached hydrogen (secondary N) is 1. The van der Waals surface area contributed by atoms with Crippen LogP contribution < -0.4 is 10.8 Å². The smallest absolute Gasteiger partial charge is 0.410 e. The van der Waals surface area contributed by atoms with Gasteiger partial charge < -0.3 is 29.9 Å². The number of rotatable bonds is 8. The molecule has 2 aromatic carbocycles. The average molecular weight is 738 g/mol. The molecule has 14 nitrogen and oxygen atoms in total. The van der Waals surface area contributed by atoms with E-state index in [2.05, 4.69) is 10.2 Å².